The zero-order chi connectivity index (χ0) is 15.4. The van der Waals surface area contributed by atoms with Crippen LogP contribution in [0, 0.1) is 5.82 Å². The highest BCUT2D eigenvalue weighted by molar-refractivity contribution is 9.10. The molecule has 1 fully saturated rings. The number of nitrogens with zero attached hydrogens (tertiary/aromatic N) is 2. The van der Waals surface area contributed by atoms with Gasteiger partial charge in [0, 0.05) is 18.2 Å². The van der Waals surface area contributed by atoms with Gasteiger partial charge in [0.2, 0.25) is 0 Å². The van der Waals surface area contributed by atoms with E-state index in [0.717, 1.165) is 25.8 Å². The number of halogens is 2. The smallest absolute Gasteiger partial charge is 0.171 e. The molecule has 0 aliphatic carbocycles. The van der Waals surface area contributed by atoms with E-state index in [-0.39, 0.29) is 16.1 Å². The fraction of sp³-hybridized carbons (Fsp3) is 0.533. The van der Waals surface area contributed by atoms with Crippen molar-refractivity contribution in [3.63, 3.8) is 0 Å². The average molecular weight is 358 g/mol. The lowest BCUT2D eigenvalue weighted by Crippen LogP contribution is -2.35. The van der Waals surface area contributed by atoms with Gasteiger partial charge in [-0.15, -0.1) is 0 Å². The molecule has 0 saturated carbocycles. The molecular weight excluding hydrogens is 337 g/mol. The first-order valence-electron chi connectivity index (χ1n) is 7.32. The summed E-state index contributed by atoms with van der Waals surface area (Å²) < 4.78 is 14.9. The molecule has 1 aromatic rings. The van der Waals surface area contributed by atoms with E-state index in [1.165, 1.54) is 12.8 Å². The first-order chi connectivity index (χ1) is 10.1. The minimum absolute atomic E-state index is 0.102. The molecule has 0 bridgehead atoms. The van der Waals surface area contributed by atoms with Crippen LogP contribution < -0.4 is 10.6 Å². The van der Waals surface area contributed by atoms with Gasteiger partial charge in [0.05, 0.1) is 10.2 Å². The summed E-state index contributed by atoms with van der Waals surface area (Å²) >= 11 is 3.23. The Kier molecular flexibility index (Phi) is 5.45. The van der Waals surface area contributed by atoms with Gasteiger partial charge in [-0.1, -0.05) is 24.9 Å². The normalized spacial score (nSPS) is 20.4. The van der Waals surface area contributed by atoms with Crippen molar-refractivity contribution in [3.8, 4) is 0 Å². The van der Waals surface area contributed by atoms with Gasteiger partial charge in [0.25, 0.3) is 0 Å². The Morgan fingerprint density at radius 3 is 2.90 bits per heavy atom. The first kappa shape index (κ1) is 16.1. The van der Waals surface area contributed by atoms with Crippen LogP contribution in [0.15, 0.2) is 21.8 Å². The monoisotopic (exact) mass is 357 g/mol. The zero-order valence-corrected chi connectivity index (χ0v) is 13.7. The van der Waals surface area contributed by atoms with Crippen molar-refractivity contribution in [2.24, 2.45) is 10.9 Å². The van der Waals surface area contributed by atoms with Crippen LogP contribution in [-0.4, -0.2) is 23.6 Å². The number of rotatable bonds is 3. The maximum absolute atomic E-state index is 14.7. The van der Waals surface area contributed by atoms with Crippen molar-refractivity contribution in [2.75, 3.05) is 11.4 Å². The fourth-order valence-corrected chi connectivity index (χ4v) is 3.47. The molecule has 0 spiro atoms. The van der Waals surface area contributed by atoms with Crippen LogP contribution in [0.3, 0.4) is 0 Å². The van der Waals surface area contributed by atoms with Crippen LogP contribution in [0.2, 0.25) is 0 Å². The number of amidine groups is 1. The summed E-state index contributed by atoms with van der Waals surface area (Å²) in [5, 5.41) is 11.7. The molecule has 1 aliphatic heterocycles. The zero-order valence-electron chi connectivity index (χ0n) is 12.1. The molecule has 0 aromatic heterocycles. The lowest BCUT2D eigenvalue weighted by molar-refractivity contribution is 0.318. The minimum Gasteiger partial charge on any atom is -0.409 e. The summed E-state index contributed by atoms with van der Waals surface area (Å²) in [6, 6.07) is 3.78. The highest BCUT2D eigenvalue weighted by atomic mass is 79.9. The Hall–Kier alpha value is -1.30. The van der Waals surface area contributed by atoms with Gasteiger partial charge < -0.3 is 15.8 Å². The Balaban J connectivity index is 2.41. The maximum atomic E-state index is 14.7. The van der Waals surface area contributed by atoms with Crippen molar-refractivity contribution in [3.05, 3.63) is 28.0 Å². The molecule has 21 heavy (non-hydrogen) atoms. The maximum Gasteiger partial charge on any atom is 0.171 e. The SMILES string of the molecule is CCC1CCCCCN1c1ccc(/C(N)=N/O)c(Br)c1F. The standard InChI is InChI=1S/C15H21BrFN3O/c1-2-10-6-4-3-5-9-20(10)12-8-7-11(15(18)19-21)13(16)14(12)17/h7-8,10,21H,2-6,9H2,1H3,(H2,18,19). The van der Waals surface area contributed by atoms with Crippen LogP contribution in [0.4, 0.5) is 10.1 Å². The number of benzene rings is 1. The lowest BCUT2D eigenvalue weighted by atomic mass is 10.1. The van der Waals surface area contributed by atoms with E-state index in [2.05, 4.69) is 32.9 Å². The summed E-state index contributed by atoms with van der Waals surface area (Å²) in [4.78, 5) is 2.16. The predicted octanol–water partition coefficient (Wildman–Crippen LogP) is 3.84. The molecule has 4 nitrogen and oxygen atoms in total. The van der Waals surface area contributed by atoms with E-state index in [1.807, 2.05) is 0 Å². The van der Waals surface area contributed by atoms with E-state index in [1.54, 1.807) is 12.1 Å². The molecule has 0 radical (unpaired) electrons. The first-order valence-corrected chi connectivity index (χ1v) is 8.12. The number of anilines is 1. The summed E-state index contributed by atoms with van der Waals surface area (Å²) in [7, 11) is 0. The third-order valence-corrected chi connectivity index (χ3v) is 4.88. The van der Waals surface area contributed by atoms with Gasteiger partial charge in [0.1, 0.15) is 0 Å². The second-order valence-corrected chi connectivity index (χ2v) is 6.14. The van der Waals surface area contributed by atoms with Crippen LogP contribution in [-0.2, 0) is 0 Å². The Morgan fingerprint density at radius 2 is 2.24 bits per heavy atom. The second kappa shape index (κ2) is 7.11. The molecule has 3 N–H and O–H groups in total. The molecule has 6 heteroatoms. The topological polar surface area (TPSA) is 61.8 Å². The Morgan fingerprint density at radius 1 is 1.48 bits per heavy atom. The van der Waals surface area contributed by atoms with Crippen LogP contribution in [0.25, 0.3) is 0 Å². The van der Waals surface area contributed by atoms with Gasteiger partial charge in [0.15, 0.2) is 11.7 Å². The van der Waals surface area contributed by atoms with Crippen molar-refractivity contribution >= 4 is 27.5 Å². The largest absolute Gasteiger partial charge is 0.409 e. The number of hydrogen-bond donors (Lipinski definition) is 2. The summed E-state index contributed by atoms with van der Waals surface area (Å²) in [5.41, 5.74) is 6.51. The van der Waals surface area contributed by atoms with E-state index >= 15 is 0 Å². The Labute approximate surface area is 132 Å². The molecule has 1 heterocycles. The van der Waals surface area contributed by atoms with Crippen LogP contribution in [0.5, 0.6) is 0 Å². The van der Waals surface area contributed by atoms with Crippen LogP contribution >= 0.6 is 15.9 Å². The van der Waals surface area contributed by atoms with Crippen molar-refractivity contribution < 1.29 is 9.60 Å². The fourth-order valence-electron chi connectivity index (χ4n) is 2.93. The molecule has 1 saturated heterocycles. The van der Waals surface area contributed by atoms with E-state index < -0.39 is 0 Å². The average Bonchev–Trinajstić information content (AvgIpc) is 2.74. The molecule has 1 aromatic carbocycles. The molecule has 0 amide bonds. The third kappa shape index (κ3) is 3.31. The Bertz CT molecular complexity index is 536. The minimum atomic E-state index is -0.348. The van der Waals surface area contributed by atoms with Crippen molar-refractivity contribution in [2.45, 2.75) is 45.1 Å². The summed E-state index contributed by atoms with van der Waals surface area (Å²) in [6.07, 6.45) is 5.56. The number of nitrogens with two attached hydrogens (primary N) is 1. The number of oxime groups is 1. The number of hydrogen-bond acceptors (Lipinski definition) is 3. The van der Waals surface area contributed by atoms with Crippen molar-refractivity contribution in [1.82, 2.24) is 0 Å². The highest BCUT2D eigenvalue weighted by Crippen LogP contribution is 2.33. The van der Waals surface area contributed by atoms with E-state index in [4.69, 9.17) is 10.9 Å². The molecule has 116 valence electrons. The second-order valence-electron chi connectivity index (χ2n) is 5.35. The van der Waals surface area contributed by atoms with E-state index in [9.17, 15) is 4.39 Å². The molecule has 2 rings (SSSR count). The quantitative estimate of drug-likeness (QED) is 0.374. The van der Waals surface area contributed by atoms with Gasteiger partial charge in [-0.05, 0) is 47.3 Å². The van der Waals surface area contributed by atoms with Gasteiger partial charge in [-0.3, -0.25) is 0 Å². The molecule has 1 unspecified atom stereocenters. The molecule has 1 atom stereocenters. The van der Waals surface area contributed by atoms with Gasteiger partial charge in [-0.2, -0.15) is 0 Å². The highest BCUT2D eigenvalue weighted by Gasteiger charge is 2.24. The lowest BCUT2D eigenvalue weighted by Gasteiger charge is -2.32. The molecular formula is C15H21BrFN3O. The molecule has 1 aliphatic rings. The third-order valence-electron chi connectivity index (χ3n) is 4.10. The van der Waals surface area contributed by atoms with Crippen LogP contribution in [0.1, 0.15) is 44.6 Å². The van der Waals surface area contributed by atoms with Crippen molar-refractivity contribution in [1.29, 1.82) is 0 Å². The summed E-state index contributed by atoms with van der Waals surface area (Å²) in [5.74, 6) is -0.449. The van der Waals surface area contributed by atoms with E-state index in [0.29, 0.717) is 17.3 Å². The van der Waals surface area contributed by atoms with Gasteiger partial charge >= 0.3 is 0 Å². The van der Waals surface area contributed by atoms with Gasteiger partial charge in [-0.25, -0.2) is 4.39 Å². The summed E-state index contributed by atoms with van der Waals surface area (Å²) in [6.45, 7) is 3.01. The predicted molar refractivity (Wildman–Crippen MR) is 86.5 cm³/mol.